The molecule has 0 spiro atoms. The van der Waals surface area contributed by atoms with E-state index in [-0.39, 0.29) is 0 Å². The summed E-state index contributed by atoms with van der Waals surface area (Å²) in [5.41, 5.74) is 2.70. The third kappa shape index (κ3) is 3.86. The Hall–Kier alpha value is -2.32. The van der Waals surface area contributed by atoms with Gasteiger partial charge in [-0.3, -0.25) is 0 Å². The molecule has 0 unspecified atom stereocenters. The van der Waals surface area contributed by atoms with Crippen molar-refractivity contribution in [3.63, 3.8) is 0 Å². The van der Waals surface area contributed by atoms with E-state index < -0.39 is 0 Å². The van der Waals surface area contributed by atoms with Gasteiger partial charge in [-0.15, -0.1) is 0 Å². The lowest BCUT2D eigenvalue weighted by Gasteiger charge is -2.14. The predicted molar refractivity (Wildman–Crippen MR) is 88.5 cm³/mol. The van der Waals surface area contributed by atoms with Crippen LogP contribution < -0.4 is 5.32 Å². The van der Waals surface area contributed by atoms with Gasteiger partial charge >= 0.3 is 0 Å². The van der Waals surface area contributed by atoms with Gasteiger partial charge in [0.25, 0.3) is 0 Å². The van der Waals surface area contributed by atoms with Crippen LogP contribution in [0.5, 0.6) is 0 Å². The van der Waals surface area contributed by atoms with Crippen LogP contribution in [0.3, 0.4) is 0 Å². The van der Waals surface area contributed by atoms with Gasteiger partial charge in [0.05, 0.1) is 12.8 Å². The zero-order chi connectivity index (χ0) is 15.0. The molecule has 3 aromatic rings. The molecule has 0 aliphatic heterocycles. The van der Waals surface area contributed by atoms with Gasteiger partial charge in [0.1, 0.15) is 12.3 Å². The Labute approximate surface area is 131 Å². The van der Waals surface area contributed by atoms with Gasteiger partial charge in [0, 0.05) is 17.9 Å². The second kappa shape index (κ2) is 7.62. The highest BCUT2D eigenvalue weighted by molar-refractivity contribution is 5.27. The SMILES string of the molecule is c1ccc(C[NH2+]CC[C@@H](c2ccccc2)c2ccco2)cc1. The molecule has 112 valence electrons. The molecule has 22 heavy (non-hydrogen) atoms. The Morgan fingerprint density at radius 1 is 0.818 bits per heavy atom. The van der Waals surface area contributed by atoms with Crippen molar-refractivity contribution >= 4 is 0 Å². The Morgan fingerprint density at radius 2 is 1.55 bits per heavy atom. The first-order valence-corrected chi connectivity index (χ1v) is 7.87. The lowest BCUT2D eigenvalue weighted by Crippen LogP contribution is -2.82. The zero-order valence-electron chi connectivity index (χ0n) is 12.7. The van der Waals surface area contributed by atoms with Gasteiger partial charge in [0.15, 0.2) is 0 Å². The summed E-state index contributed by atoms with van der Waals surface area (Å²) in [4.78, 5) is 0. The molecule has 2 heteroatoms. The average Bonchev–Trinajstić information content (AvgIpc) is 3.11. The number of hydrogen-bond acceptors (Lipinski definition) is 1. The van der Waals surface area contributed by atoms with Gasteiger partial charge in [0.2, 0.25) is 0 Å². The lowest BCUT2D eigenvalue weighted by molar-refractivity contribution is -0.671. The van der Waals surface area contributed by atoms with Crippen LogP contribution in [0.2, 0.25) is 0 Å². The van der Waals surface area contributed by atoms with Crippen LogP contribution in [0.25, 0.3) is 0 Å². The summed E-state index contributed by atoms with van der Waals surface area (Å²) in [6.07, 6.45) is 2.84. The van der Waals surface area contributed by atoms with Crippen LogP contribution in [0.15, 0.2) is 83.5 Å². The highest BCUT2D eigenvalue weighted by Crippen LogP contribution is 2.27. The molecule has 0 aliphatic rings. The van der Waals surface area contributed by atoms with E-state index in [1.54, 1.807) is 6.26 Å². The van der Waals surface area contributed by atoms with E-state index in [1.807, 2.05) is 6.07 Å². The molecule has 3 rings (SSSR count). The van der Waals surface area contributed by atoms with E-state index in [9.17, 15) is 0 Å². The second-order valence-electron chi connectivity index (χ2n) is 5.53. The maximum absolute atomic E-state index is 5.65. The third-order valence-electron chi connectivity index (χ3n) is 3.97. The quantitative estimate of drug-likeness (QED) is 0.663. The highest BCUT2D eigenvalue weighted by Gasteiger charge is 2.17. The lowest BCUT2D eigenvalue weighted by atomic mass is 9.93. The van der Waals surface area contributed by atoms with Crippen molar-refractivity contribution in [2.75, 3.05) is 6.54 Å². The molecule has 0 bridgehead atoms. The number of rotatable bonds is 7. The Bertz CT molecular complexity index is 647. The number of quaternary nitrogens is 1. The van der Waals surface area contributed by atoms with Crippen LogP contribution in [0.4, 0.5) is 0 Å². The molecular formula is C20H22NO+. The fraction of sp³-hybridized carbons (Fsp3) is 0.200. The third-order valence-corrected chi connectivity index (χ3v) is 3.97. The molecule has 2 nitrogen and oxygen atoms in total. The van der Waals surface area contributed by atoms with E-state index in [0.29, 0.717) is 5.92 Å². The monoisotopic (exact) mass is 292 g/mol. The molecule has 1 aromatic heterocycles. The summed E-state index contributed by atoms with van der Waals surface area (Å²) in [6, 6.07) is 25.3. The summed E-state index contributed by atoms with van der Waals surface area (Å²) in [7, 11) is 0. The average molecular weight is 292 g/mol. The van der Waals surface area contributed by atoms with Crippen LogP contribution in [0.1, 0.15) is 29.2 Å². The smallest absolute Gasteiger partial charge is 0.111 e. The second-order valence-corrected chi connectivity index (χ2v) is 5.53. The predicted octanol–water partition coefficient (Wildman–Crippen LogP) is 3.57. The van der Waals surface area contributed by atoms with E-state index >= 15 is 0 Å². The number of benzene rings is 2. The maximum Gasteiger partial charge on any atom is 0.111 e. The Balaban J connectivity index is 1.59. The molecule has 2 N–H and O–H groups in total. The normalized spacial score (nSPS) is 12.2. The van der Waals surface area contributed by atoms with Gasteiger partial charge in [-0.25, -0.2) is 0 Å². The fourth-order valence-electron chi connectivity index (χ4n) is 2.82. The van der Waals surface area contributed by atoms with E-state index in [2.05, 4.69) is 72.0 Å². The largest absolute Gasteiger partial charge is 0.469 e. The molecule has 0 saturated carbocycles. The topological polar surface area (TPSA) is 29.8 Å². The van der Waals surface area contributed by atoms with Crippen LogP contribution in [0, 0.1) is 0 Å². The van der Waals surface area contributed by atoms with Crippen LogP contribution in [-0.2, 0) is 6.54 Å². The molecule has 0 radical (unpaired) electrons. The standard InChI is InChI=1S/C20H21NO/c1-3-8-17(9-4-1)16-21-14-13-19(20-12-7-15-22-20)18-10-5-2-6-11-18/h1-12,15,19,21H,13-14,16H2/p+1/t19-/m0/s1. The fourth-order valence-corrected chi connectivity index (χ4v) is 2.82. The molecule has 0 amide bonds. The minimum atomic E-state index is 0.336. The molecule has 0 saturated heterocycles. The summed E-state index contributed by atoms with van der Waals surface area (Å²) in [5.74, 6) is 1.39. The highest BCUT2D eigenvalue weighted by atomic mass is 16.3. The van der Waals surface area contributed by atoms with Crippen LogP contribution >= 0.6 is 0 Å². The van der Waals surface area contributed by atoms with Crippen molar-refractivity contribution in [3.8, 4) is 0 Å². The molecule has 1 heterocycles. The van der Waals surface area contributed by atoms with Gasteiger partial charge in [-0.1, -0.05) is 60.7 Å². The number of furan rings is 1. The first-order chi connectivity index (χ1) is 10.9. The zero-order valence-corrected chi connectivity index (χ0v) is 12.7. The number of hydrogen-bond donors (Lipinski definition) is 1. The van der Waals surface area contributed by atoms with Crippen molar-refractivity contribution in [2.45, 2.75) is 18.9 Å². The van der Waals surface area contributed by atoms with E-state index in [0.717, 1.165) is 25.3 Å². The summed E-state index contributed by atoms with van der Waals surface area (Å²) < 4.78 is 5.65. The molecule has 0 aliphatic carbocycles. The maximum atomic E-state index is 5.65. The summed E-state index contributed by atoms with van der Waals surface area (Å²) in [6.45, 7) is 2.11. The summed E-state index contributed by atoms with van der Waals surface area (Å²) >= 11 is 0. The minimum Gasteiger partial charge on any atom is -0.469 e. The molecule has 2 aromatic carbocycles. The van der Waals surface area contributed by atoms with Gasteiger partial charge in [-0.05, 0) is 17.7 Å². The van der Waals surface area contributed by atoms with Crippen LogP contribution in [-0.4, -0.2) is 6.54 Å². The van der Waals surface area contributed by atoms with Crippen molar-refractivity contribution in [3.05, 3.63) is 95.9 Å². The van der Waals surface area contributed by atoms with E-state index in [1.165, 1.54) is 11.1 Å². The van der Waals surface area contributed by atoms with Crippen molar-refractivity contribution in [1.29, 1.82) is 0 Å². The molecular weight excluding hydrogens is 270 g/mol. The van der Waals surface area contributed by atoms with Crippen molar-refractivity contribution in [1.82, 2.24) is 0 Å². The first-order valence-electron chi connectivity index (χ1n) is 7.87. The van der Waals surface area contributed by atoms with E-state index in [4.69, 9.17) is 4.42 Å². The Kier molecular flexibility index (Phi) is 5.06. The minimum absolute atomic E-state index is 0.336. The number of nitrogens with two attached hydrogens (primary N) is 1. The first kappa shape index (κ1) is 14.6. The van der Waals surface area contributed by atoms with Crippen molar-refractivity contribution in [2.24, 2.45) is 0 Å². The van der Waals surface area contributed by atoms with Gasteiger partial charge < -0.3 is 9.73 Å². The van der Waals surface area contributed by atoms with Gasteiger partial charge in [-0.2, -0.15) is 0 Å². The summed E-state index contributed by atoms with van der Waals surface area (Å²) in [5, 5.41) is 2.37. The molecule has 1 atom stereocenters. The molecule has 0 fully saturated rings. The Morgan fingerprint density at radius 3 is 2.23 bits per heavy atom. The van der Waals surface area contributed by atoms with Crippen molar-refractivity contribution < 1.29 is 9.73 Å².